The third kappa shape index (κ3) is 1.89. The summed E-state index contributed by atoms with van der Waals surface area (Å²) in [5.74, 6) is -1.68. The summed E-state index contributed by atoms with van der Waals surface area (Å²) in [6.07, 6.45) is 5.36. The first kappa shape index (κ1) is 17.2. The monoisotopic (exact) mass is 299 g/mol. The molecule has 2 saturated carbocycles. The SMILES string of the molecule is CC.CC.CC(O)[C@]12CC3(CC3)C(O)(O)N1CCC21CC1. The van der Waals surface area contributed by atoms with Crippen molar-refractivity contribution < 1.29 is 15.3 Å². The number of nitrogens with zero attached hydrogens (tertiary/aromatic N) is 1. The van der Waals surface area contributed by atoms with Gasteiger partial charge in [0.05, 0.1) is 11.6 Å². The lowest BCUT2D eigenvalue weighted by Gasteiger charge is -2.42. The van der Waals surface area contributed by atoms with E-state index in [1.165, 1.54) is 0 Å². The molecule has 2 saturated heterocycles. The molecule has 1 unspecified atom stereocenters. The minimum Gasteiger partial charge on any atom is -0.391 e. The van der Waals surface area contributed by atoms with Gasteiger partial charge in [-0.05, 0) is 50.9 Å². The van der Waals surface area contributed by atoms with Crippen LogP contribution in [0.15, 0.2) is 0 Å². The molecule has 4 heteroatoms. The van der Waals surface area contributed by atoms with Crippen LogP contribution in [0.3, 0.4) is 0 Å². The highest BCUT2D eigenvalue weighted by Crippen LogP contribution is 2.76. The van der Waals surface area contributed by atoms with Gasteiger partial charge in [-0.25, -0.2) is 4.90 Å². The molecule has 2 aliphatic heterocycles. The zero-order chi connectivity index (χ0) is 16.1. The van der Waals surface area contributed by atoms with Crippen molar-refractivity contribution in [2.24, 2.45) is 10.8 Å². The van der Waals surface area contributed by atoms with E-state index in [2.05, 4.69) is 0 Å². The molecule has 2 heterocycles. The van der Waals surface area contributed by atoms with Crippen molar-refractivity contribution in [3.05, 3.63) is 0 Å². The third-order valence-electron chi connectivity index (χ3n) is 6.31. The maximum atomic E-state index is 10.5. The van der Waals surface area contributed by atoms with Gasteiger partial charge in [0.1, 0.15) is 0 Å². The zero-order valence-corrected chi connectivity index (χ0v) is 14.3. The Kier molecular flexibility index (Phi) is 4.25. The average molecular weight is 299 g/mol. The Hall–Kier alpha value is -0.160. The molecular weight excluding hydrogens is 266 g/mol. The van der Waals surface area contributed by atoms with Gasteiger partial charge in [-0.15, -0.1) is 0 Å². The molecule has 0 aromatic carbocycles. The molecule has 0 amide bonds. The lowest BCUT2D eigenvalue weighted by atomic mass is 9.74. The van der Waals surface area contributed by atoms with Gasteiger partial charge in [-0.1, -0.05) is 27.7 Å². The minimum atomic E-state index is -1.68. The maximum absolute atomic E-state index is 10.5. The molecule has 4 aliphatic rings. The number of hydrogen-bond acceptors (Lipinski definition) is 4. The summed E-state index contributed by atoms with van der Waals surface area (Å²) in [6.45, 7) is 10.6. The largest absolute Gasteiger partial charge is 0.391 e. The van der Waals surface area contributed by atoms with E-state index in [0.29, 0.717) is 0 Å². The highest BCUT2D eigenvalue weighted by atomic mass is 16.5. The van der Waals surface area contributed by atoms with Crippen LogP contribution < -0.4 is 0 Å². The molecule has 4 rings (SSSR count). The molecule has 0 bridgehead atoms. The first-order valence-corrected chi connectivity index (χ1v) is 8.81. The Balaban J connectivity index is 0.000000374. The van der Waals surface area contributed by atoms with Crippen LogP contribution >= 0.6 is 0 Å². The van der Waals surface area contributed by atoms with E-state index in [1.807, 2.05) is 39.5 Å². The Morgan fingerprint density at radius 1 is 0.857 bits per heavy atom. The van der Waals surface area contributed by atoms with Gasteiger partial charge in [0.25, 0.3) is 0 Å². The van der Waals surface area contributed by atoms with Gasteiger partial charge in [0.15, 0.2) is 0 Å². The topological polar surface area (TPSA) is 63.9 Å². The van der Waals surface area contributed by atoms with Gasteiger partial charge in [0.2, 0.25) is 5.91 Å². The Morgan fingerprint density at radius 3 is 1.71 bits per heavy atom. The fraction of sp³-hybridized carbons (Fsp3) is 1.00. The first-order valence-electron chi connectivity index (χ1n) is 8.81. The molecule has 0 radical (unpaired) electrons. The number of fused-ring (bicyclic) bond motifs is 2. The van der Waals surface area contributed by atoms with Crippen molar-refractivity contribution in [1.82, 2.24) is 4.90 Å². The second-order valence-corrected chi connectivity index (χ2v) is 6.87. The molecule has 2 aliphatic carbocycles. The quantitative estimate of drug-likeness (QED) is 0.651. The van der Waals surface area contributed by atoms with Gasteiger partial charge >= 0.3 is 0 Å². The predicted molar refractivity (Wildman–Crippen MR) is 83.6 cm³/mol. The molecule has 4 nitrogen and oxygen atoms in total. The van der Waals surface area contributed by atoms with Crippen LogP contribution in [-0.2, 0) is 0 Å². The summed E-state index contributed by atoms with van der Waals surface area (Å²) in [7, 11) is 0. The van der Waals surface area contributed by atoms with Gasteiger partial charge in [0, 0.05) is 12.0 Å². The molecule has 0 aromatic heterocycles. The van der Waals surface area contributed by atoms with Crippen LogP contribution in [0.4, 0.5) is 0 Å². The van der Waals surface area contributed by atoms with Gasteiger partial charge in [-0.3, -0.25) is 0 Å². The Labute approximate surface area is 129 Å². The zero-order valence-electron chi connectivity index (χ0n) is 14.3. The number of rotatable bonds is 1. The fourth-order valence-electron chi connectivity index (χ4n) is 4.98. The lowest BCUT2D eigenvalue weighted by molar-refractivity contribution is -0.290. The highest BCUT2D eigenvalue weighted by Gasteiger charge is 2.81. The molecule has 21 heavy (non-hydrogen) atoms. The van der Waals surface area contributed by atoms with Crippen molar-refractivity contribution in [3.8, 4) is 0 Å². The number of hydrogen-bond donors (Lipinski definition) is 3. The molecule has 2 atom stereocenters. The smallest absolute Gasteiger partial charge is 0.231 e. The van der Waals surface area contributed by atoms with Crippen LogP contribution in [0.1, 0.15) is 73.1 Å². The number of aliphatic hydroxyl groups is 3. The molecule has 4 fully saturated rings. The van der Waals surface area contributed by atoms with Crippen LogP contribution in [0.5, 0.6) is 0 Å². The van der Waals surface area contributed by atoms with E-state index < -0.39 is 12.0 Å². The van der Waals surface area contributed by atoms with Crippen molar-refractivity contribution >= 4 is 0 Å². The van der Waals surface area contributed by atoms with Crippen LogP contribution in [0.25, 0.3) is 0 Å². The van der Waals surface area contributed by atoms with Gasteiger partial charge < -0.3 is 15.3 Å². The van der Waals surface area contributed by atoms with E-state index in [9.17, 15) is 15.3 Å². The highest BCUT2D eigenvalue weighted by molar-refractivity contribution is 5.29. The van der Waals surface area contributed by atoms with E-state index >= 15 is 0 Å². The van der Waals surface area contributed by atoms with Crippen molar-refractivity contribution in [1.29, 1.82) is 0 Å². The maximum Gasteiger partial charge on any atom is 0.231 e. The third-order valence-corrected chi connectivity index (χ3v) is 6.31. The second kappa shape index (κ2) is 5.19. The summed E-state index contributed by atoms with van der Waals surface area (Å²) in [5.41, 5.74) is -0.545. The van der Waals surface area contributed by atoms with E-state index in [0.717, 1.165) is 45.1 Å². The van der Waals surface area contributed by atoms with Crippen molar-refractivity contribution in [2.75, 3.05) is 6.54 Å². The summed E-state index contributed by atoms with van der Waals surface area (Å²) in [4.78, 5) is 1.84. The Morgan fingerprint density at radius 2 is 1.33 bits per heavy atom. The fourth-order valence-corrected chi connectivity index (χ4v) is 4.98. The van der Waals surface area contributed by atoms with E-state index in [1.54, 1.807) is 0 Å². The summed E-state index contributed by atoms with van der Waals surface area (Å²) >= 11 is 0. The molecule has 2 spiro atoms. The minimum absolute atomic E-state index is 0.171. The standard InChI is InChI=1S/C13H21NO3.2C2H6/c1-9(15)12-8-11(4-5-11)13(16,17)14(12)7-6-10(12)2-3-10;2*1-2/h9,15-17H,2-8H2,1H3;2*1-2H3/t9?,12-;;/m0../s1. The first-order chi connectivity index (χ1) is 9.90. The van der Waals surface area contributed by atoms with Crippen LogP contribution in [-0.4, -0.2) is 44.3 Å². The lowest BCUT2D eigenvalue weighted by Crippen LogP contribution is -2.59. The summed E-state index contributed by atoms with van der Waals surface area (Å²) in [6, 6.07) is 0. The van der Waals surface area contributed by atoms with Crippen molar-refractivity contribution in [3.63, 3.8) is 0 Å². The van der Waals surface area contributed by atoms with Crippen molar-refractivity contribution in [2.45, 2.75) is 90.7 Å². The van der Waals surface area contributed by atoms with E-state index in [4.69, 9.17) is 0 Å². The van der Waals surface area contributed by atoms with Crippen LogP contribution in [0, 0.1) is 10.8 Å². The number of aliphatic hydroxyl groups excluding tert-OH is 1. The average Bonchev–Trinajstić information content (AvgIpc) is 3.34. The Bertz CT molecular complexity index is 385. The van der Waals surface area contributed by atoms with E-state index in [-0.39, 0.29) is 16.4 Å². The molecule has 124 valence electrons. The van der Waals surface area contributed by atoms with Gasteiger partial charge in [-0.2, -0.15) is 0 Å². The summed E-state index contributed by atoms with van der Waals surface area (Å²) < 4.78 is 0. The molecule has 3 N–H and O–H groups in total. The normalized spacial score (nSPS) is 37.1. The van der Waals surface area contributed by atoms with Crippen LogP contribution in [0.2, 0.25) is 0 Å². The molecular formula is C17H33NO3. The summed E-state index contributed by atoms with van der Waals surface area (Å²) in [5, 5.41) is 31.3. The second-order valence-electron chi connectivity index (χ2n) is 6.87. The predicted octanol–water partition coefficient (Wildman–Crippen LogP) is 2.47. The molecule has 0 aromatic rings.